The molecular weight excluding hydrogens is 379 g/mol. The van der Waals surface area contributed by atoms with Crippen LogP contribution in [0.15, 0.2) is 42.5 Å². The Morgan fingerprint density at radius 2 is 1.88 bits per heavy atom. The predicted molar refractivity (Wildman–Crippen MR) is 103 cm³/mol. The minimum absolute atomic E-state index is 0.307. The van der Waals surface area contributed by atoms with E-state index < -0.39 is 0 Å². The van der Waals surface area contributed by atoms with Crippen LogP contribution in [0.2, 0.25) is 10.0 Å². The van der Waals surface area contributed by atoms with Crippen LogP contribution < -0.4 is 5.48 Å². The third-order valence-electron chi connectivity index (χ3n) is 4.18. The van der Waals surface area contributed by atoms with E-state index >= 15 is 0 Å². The fourth-order valence-corrected chi connectivity index (χ4v) is 4.29. The number of carbonyl (C=O) groups is 1. The maximum Gasteiger partial charge on any atom is 0.261 e. The third kappa shape index (κ3) is 4.49. The summed E-state index contributed by atoms with van der Waals surface area (Å²) in [6.45, 7) is 0.643. The van der Waals surface area contributed by atoms with E-state index in [4.69, 9.17) is 28.4 Å². The van der Waals surface area contributed by atoms with Crippen molar-refractivity contribution in [1.29, 1.82) is 0 Å². The maximum absolute atomic E-state index is 11.8. The minimum atomic E-state index is -0.348. The monoisotopic (exact) mass is 396 g/mol. The highest BCUT2D eigenvalue weighted by Gasteiger charge is 2.29. The number of benzene rings is 2. The molecule has 0 radical (unpaired) electrons. The lowest BCUT2D eigenvalue weighted by molar-refractivity contribution is -0.133. The Morgan fingerprint density at radius 1 is 1.16 bits per heavy atom. The van der Waals surface area contributed by atoms with E-state index in [0.29, 0.717) is 16.6 Å². The lowest BCUT2D eigenvalue weighted by Gasteiger charge is -2.32. The zero-order valence-electron chi connectivity index (χ0n) is 13.4. The summed E-state index contributed by atoms with van der Waals surface area (Å²) < 4.78 is 2.03. The normalized spacial score (nSPS) is 18.1. The topological polar surface area (TPSA) is 52.6 Å². The molecule has 2 N–H and O–H groups in total. The lowest BCUT2D eigenvalue weighted by Crippen LogP contribution is -2.44. The number of nitrogens with zero attached hydrogens (tertiary/aromatic N) is 1. The minimum Gasteiger partial charge on any atom is -0.289 e. The van der Waals surface area contributed by atoms with Crippen LogP contribution in [0.5, 0.6) is 0 Å². The van der Waals surface area contributed by atoms with Gasteiger partial charge in [0.15, 0.2) is 0 Å². The molecule has 7 heteroatoms. The zero-order valence-corrected chi connectivity index (χ0v) is 15.7. The number of nitrogens with one attached hydrogen (secondary N) is 1. The zero-order chi connectivity index (χ0) is 17.8. The highest BCUT2D eigenvalue weighted by Crippen LogP contribution is 2.30. The van der Waals surface area contributed by atoms with E-state index in [1.807, 2.05) is 40.7 Å². The molecule has 0 unspecified atom stereocenters. The number of hydrogen-bond acceptors (Lipinski definition) is 4. The number of halogens is 2. The molecule has 0 aliphatic carbocycles. The van der Waals surface area contributed by atoms with E-state index in [1.54, 1.807) is 23.5 Å². The van der Waals surface area contributed by atoms with Crippen LogP contribution in [0.4, 0.5) is 0 Å². The summed E-state index contributed by atoms with van der Waals surface area (Å²) in [7, 11) is 0. The van der Waals surface area contributed by atoms with Gasteiger partial charge in [-0.15, -0.1) is 0 Å². The molecule has 2 aromatic carbocycles. The van der Waals surface area contributed by atoms with Crippen molar-refractivity contribution in [3.63, 3.8) is 0 Å². The van der Waals surface area contributed by atoms with Gasteiger partial charge in [-0.2, -0.15) is 0 Å². The first-order valence-electron chi connectivity index (χ1n) is 7.96. The number of rotatable bonds is 4. The van der Waals surface area contributed by atoms with E-state index in [0.717, 1.165) is 35.3 Å². The molecule has 2 aromatic rings. The van der Waals surface area contributed by atoms with Crippen molar-refractivity contribution in [2.75, 3.05) is 5.75 Å². The molecule has 25 heavy (non-hydrogen) atoms. The molecule has 3 rings (SSSR count). The van der Waals surface area contributed by atoms with Crippen LogP contribution in [0.25, 0.3) is 11.1 Å². The Bertz CT molecular complexity index is 755. The van der Waals surface area contributed by atoms with E-state index in [9.17, 15) is 4.79 Å². The average molecular weight is 397 g/mol. The molecule has 1 heterocycles. The maximum atomic E-state index is 11.8. The van der Waals surface area contributed by atoms with Crippen LogP contribution in [-0.2, 0) is 11.3 Å². The molecule has 1 aliphatic rings. The molecule has 1 amide bonds. The summed E-state index contributed by atoms with van der Waals surface area (Å²) in [5, 5.41) is 9.99. The van der Waals surface area contributed by atoms with Crippen LogP contribution in [-0.4, -0.2) is 27.2 Å². The predicted octanol–water partition coefficient (Wildman–Crippen LogP) is 4.78. The summed E-state index contributed by atoms with van der Waals surface area (Å²) in [4.78, 5) is 11.8. The first-order valence-corrected chi connectivity index (χ1v) is 9.66. The van der Waals surface area contributed by atoms with Gasteiger partial charge in [0, 0.05) is 12.3 Å². The molecule has 1 atom stereocenters. The molecule has 0 spiro atoms. The average Bonchev–Trinajstić information content (AvgIpc) is 2.64. The molecule has 1 aliphatic heterocycles. The number of hydroxylamine groups is 1. The summed E-state index contributed by atoms with van der Waals surface area (Å²) in [6, 6.07) is 13.4. The van der Waals surface area contributed by atoms with E-state index in [2.05, 4.69) is 0 Å². The van der Waals surface area contributed by atoms with Crippen LogP contribution in [0, 0.1) is 0 Å². The molecule has 132 valence electrons. The summed E-state index contributed by atoms with van der Waals surface area (Å²) in [6.07, 6.45) is 1.72. The van der Waals surface area contributed by atoms with Crippen molar-refractivity contribution in [2.24, 2.45) is 0 Å². The van der Waals surface area contributed by atoms with Crippen molar-refractivity contribution in [1.82, 2.24) is 9.79 Å². The first kappa shape index (κ1) is 18.5. The third-order valence-corrected chi connectivity index (χ3v) is 6.11. The number of hydrogen-bond donors (Lipinski definition) is 2. The van der Waals surface area contributed by atoms with Gasteiger partial charge in [0.25, 0.3) is 5.91 Å². The van der Waals surface area contributed by atoms with E-state index in [1.165, 1.54) is 0 Å². The Hall–Kier alpha value is -1.24. The fourth-order valence-electron chi connectivity index (χ4n) is 2.84. The van der Waals surface area contributed by atoms with Gasteiger partial charge in [-0.1, -0.05) is 65.5 Å². The van der Waals surface area contributed by atoms with Crippen LogP contribution in [0.1, 0.15) is 18.4 Å². The second-order valence-corrected chi connectivity index (χ2v) is 7.82. The van der Waals surface area contributed by atoms with Crippen LogP contribution in [0.3, 0.4) is 0 Å². The Labute approximate surface area is 161 Å². The number of amides is 1. The van der Waals surface area contributed by atoms with Gasteiger partial charge < -0.3 is 0 Å². The molecule has 1 fully saturated rings. The second-order valence-electron chi connectivity index (χ2n) is 5.87. The lowest BCUT2D eigenvalue weighted by atomic mass is 10.0. The quantitative estimate of drug-likeness (QED) is 0.443. The fraction of sp³-hybridized carbons (Fsp3) is 0.278. The highest BCUT2D eigenvalue weighted by atomic mass is 35.5. The first-order chi connectivity index (χ1) is 12.1. The Balaban J connectivity index is 1.73. The van der Waals surface area contributed by atoms with Gasteiger partial charge in [-0.3, -0.25) is 10.0 Å². The van der Waals surface area contributed by atoms with Crippen LogP contribution >= 0.6 is 35.1 Å². The van der Waals surface area contributed by atoms with Gasteiger partial charge in [-0.05, 0) is 41.7 Å². The molecule has 0 bridgehead atoms. The van der Waals surface area contributed by atoms with Crippen molar-refractivity contribution in [3.05, 3.63) is 58.1 Å². The van der Waals surface area contributed by atoms with Gasteiger partial charge in [-0.25, -0.2) is 9.79 Å². The standard InChI is InChI=1S/C18H18Cl2N2O2S/c19-15-8-7-14(10-16(15)20)13-5-3-12(4-6-13)11-22-17(18(23)21-24)2-1-9-25-22/h3-8,10,17,24H,1-2,9,11H2,(H,21,23)/t17-/m1/s1. The highest BCUT2D eigenvalue weighted by molar-refractivity contribution is 7.97. The largest absolute Gasteiger partial charge is 0.289 e. The van der Waals surface area contributed by atoms with Gasteiger partial charge in [0.1, 0.15) is 6.04 Å². The molecule has 0 saturated carbocycles. The van der Waals surface area contributed by atoms with E-state index in [-0.39, 0.29) is 11.9 Å². The second kappa shape index (κ2) is 8.43. The Morgan fingerprint density at radius 3 is 2.56 bits per heavy atom. The molecular formula is C18H18Cl2N2O2S. The summed E-state index contributed by atoms with van der Waals surface area (Å²) in [5.41, 5.74) is 4.94. The smallest absolute Gasteiger partial charge is 0.261 e. The van der Waals surface area contributed by atoms with Gasteiger partial charge >= 0.3 is 0 Å². The molecule has 0 aromatic heterocycles. The van der Waals surface area contributed by atoms with Crippen molar-refractivity contribution >= 4 is 41.1 Å². The van der Waals surface area contributed by atoms with Gasteiger partial charge in [0.05, 0.1) is 10.0 Å². The summed E-state index contributed by atoms with van der Waals surface area (Å²) >= 11 is 13.7. The molecule has 1 saturated heterocycles. The van der Waals surface area contributed by atoms with Gasteiger partial charge in [0.2, 0.25) is 0 Å². The molecule has 4 nitrogen and oxygen atoms in total. The van der Waals surface area contributed by atoms with Crippen molar-refractivity contribution in [2.45, 2.75) is 25.4 Å². The van der Waals surface area contributed by atoms with Crippen molar-refractivity contribution in [3.8, 4) is 11.1 Å². The van der Waals surface area contributed by atoms with Crippen molar-refractivity contribution < 1.29 is 10.0 Å². The number of carbonyl (C=O) groups excluding carboxylic acids is 1. The Kier molecular flexibility index (Phi) is 6.25. The SMILES string of the molecule is O=C(NO)[C@H]1CCCSN1Cc1ccc(-c2ccc(Cl)c(Cl)c2)cc1. The summed E-state index contributed by atoms with van der Waals surface area (Å²) in [5.74, 6) is 0.635.